The van der Waals surface area contributed by atoms with E-state index in [1.165, 1.54) is 12.8 Å². The zero-order valence-electron chi connectivity index (χ0n) is 11.0. The molecule has 0 aliphatic carbocycles. The fourth-order valence-corrected chi connectivity index (χ4v) is 3.29. The fraction of sp³-hybridized carbons (Fsp3) is 0.923. The summed E-state index contributed by atoms with van der Waals surface area (Å²) in [6, 6.07) is 0.563. The lowest BCUT2D eigenvalue weighted by Crippen LogP contribution is -2.36. The third-order valence-electron chi connectivity index (χ3n) is 4.25. The van der Waals surface area contributed by atoms with Crippen molar-refractivity contribution in [3.8, 4) is 0 Å². The first-order valence-electron chi connectivity index (χ1n) is 7.09. The lowest BCUT2D eigenvalue weighted by molar-refractivity contribution is -0.142. The van der Waals surface area contributed by atoms with Crippen molar-refractivity contribution in [3.63, 3.8) is 0 Å². The van der Waals surface area contributed by atoms with Gasteiger partial charge >= 0.3 is 5.97 Å². The van der Waals surface area contributed by atoms with Gasteiger partial charge in [0.1, 0.15) is 0 Å². The van der Waals surface area contributed by atoms with Crippen LogP contribution in [-0.2, 0) is 4.79 Å². The molecular formula is C13H23BN2O2. The van der Waals surface area contributed by atoms with Gasteiger partial charge in [-0.2, -0.15) is 0 Å². The van der Waals surface area contributed by atoms with E-state index in [4.69, 9.17) is 7.85 Å². The minimum absolute atomic E-state index is 0.196. The first-order chi connectivity index (χ1) is 8.70. The minimum atomic E-state index is -0.640. The number of nitrogens with zero attached hydrogens (tertiary/aromatic N) is 1. The first kappa shape index (κ1) is 13.9. The quantitative estimate of drug-likeness (QED) is 0.683. The van der Waals surface area contributed by atoms with E-state index in [2.05, 4.69) is 10.2 Å². The summed E-state index contributed by atoms with van der Waals surface area (Å²) >= 11 is 0. The fourth-order valence-electron chi connectivity index (χ4n) is 3.29. The summed E-state index contributed by atoms with van der Waals surface area (Å²) in [5, 5.41) is 12.8. The topological polar surface area (TPSA) is 52.6 Å². The van der Waals surface area contributed by atoms with Gasteiger partial charge in [0.15, 0.2) is 0 Å². The third kappa shape index (κ3) is 3.48. The van der Waals surface area contributed by atoms with E-state index in [0.29, 0.717) is 18.9 Å². The molecule has 2 fully saturated rings. The van der Waals surface area contributed by atoms with Gasteiger partial charge in [-0.1, -0.05) is 12.7 Å². The van der Waals surface area contributed by atoms with Crippen LogP contribution < -0.4 is 5.32 Å². The zero-order valence-corrected chi connectivity index (χ0v) is 11.0. The van der Waals surface area contributed by atoms with E-state index in [-0.39, 0.29) is 11.8 Å². The average molecular weight is 250 g/mol. The van der Waals surface area contributed by atoms with Crippen molar-refractivity contribution in [1.82, 2.24) is 10.2 Å². The molecule has 2 rings (SSSR count). The molecular weight excluding hydrogens is 227 g/mol. The summed E-state index contributed by atoms with van der Waals surface area (Å²) in [6.45, 7) is 3.75. The average Bonchev–Trinajstić information content (AvgIpc) is 2.96. The normalized spacial score (nSPS) is 33.0. The maximum absolute atomic E-state index is 11.3. The molecule has 4 nitrogen and oxygen atoms in total. The maximum Gasteiger partial charge on any atom is 0.308 e. The van der Waals surface area contributed by atoms with Crippen LogP contribution in [0.5, 0.6) is 0 Å². The number of rotatable bonds is 6. The Labute approximate surface area is 111 Å². The van der Waals surface area contributed by atoms with E-state index in [9.17, 15) is 9.90 Å². The molecule has 0 aromatic heterocycles. The highest BCUT2D eigenvalue weighted by atomic mass is 16.4. The lowest BCUT2D eigenvalue weighted by Gasteiger charge is -2.20. The van der Waals surface area contributed by atoms with Crippen molar-refractivity contribution in [2.75, 3.05) is 26.2 Å². The highest BCUT2D eigenvalue weighted by Crippen LogP contribution is 2.28. The Morgan fingerprint density at radius 3 is 2.89 bits per heavy atom. The lowest BCUT2D eigenvalue weighted by atomic mass is 9.88. The molecule has 3 atom stereocenters. The van der Waals surface area contributed by atoms with Crippen molar-refractivity contribution < 1.29 is 9.90 Å². The van der Waals surface area contributed by atoms with Crippen LogP contribution >= 0.6 is 0 Å². The Hall–Kier alpha value is -0.545. The van der Waals surface area contributed by atoms with Crippen molar-refractivity contribution in [2.24, 2.45) is 11.8 Å². The van der Waals surface area contributed by atoms with E-state index < -0.39 is 5.97 Å². The van der Waals surface area contributed by atoms with Crippen LogP contribution in [0, 0.1) is 11.8 Å². The van der Waals surface area contributed by atoms with Crippen LogP contribution in [0.3, 0.4) is 0 Å². The summed E-state index contributed by atoms with van der Waals surface area (Å²) in [7, 11) is 5.52. The Morgan fingerprint density at radius 1 is 1.44 bits per heavy atom. The molecule has 0 aromatic carbocycles. The standard InChI is InChI=1S/C13H23BN2O2/c14-5-1-3-10-7-16(9-12(10)13(17)18)8-11-4-2-6-15-11/h10-12,15H,1-9H2,(H,17,18)/t10-,11?,12+/m0/s1. The summed E-state index contributed by atoms with van der Waals surface area (Å²) in [5.74, 6) is -0.552. The van der Waals surface area contributed by atoms with E-state index in [1.807, 2.05) is 0 Å². The SMILES string of the molecule is [B]CCC[C@H]1CN(CC2CCCN2)C[C@H]1C(=O)O. The van der Waals surface area contributed by atoms with Gasteiger partial charge in [-0.25, -0.2) is 0 Å². The molecule has 5 heteroatoms. The van der Waals surface area contributed by atoms with Gasteiger partial charge in [0.05, 0.1) is 13.8 Å². The van der Waals surface area contributed by atoms with Gasteiger partial charge in [-0.15, -0.1) is 0 Å². The molecule has 2 aliphatic rings. The second-order valence-electron chi connectivity index (χ2n) is 5.65. The predicted molar refractivity (Wildman–Crippen MR) is 71.9 cm³/mol. The molecule has 0 bridgehead atoms. The van der Waals surface area contributed by atoms with Crippen molar-refractivity contribution >= 4 is 13.8 Å². The van der Waals surface area contributed by atoms with Crippen LogP contribution in [0.25, 0.3) is 0 Å². The molecule has 2 N–H and O–H groups in total. The Kier molecular flexibility index (Phi) is 5.07. The van der Waals surface area contributed by atoms with E-state index in [1.54, 1.807) is 0 Å². The summed E-state index contributed by atoms with van der Waals surface area (Å²) in [4.78, 5) is 13.6. The van der Waals surface area contributed by atoms with Crippen LogP contribution in [0.4, 0.5) is 0 Å². The van der Waals surface area contributed by atoms with Crippen LogP contribution in [-0.4, -0.2) is 56.0 Å². The van der Waals surface area contributed by atoms with Crippen LogP contribution in [0.1, 0.15) is 25.7 Å². The number of carbonyl (C=O) groups is 1. The number of hydrogen-bond acceptors (Lipinski definition) is 3. The molecule has 0 aromatic rings. The van der Waals surface area contributed by atoms with Crippen LogP contribution in [0.15, 0.2) is 0 Å². The van der Waals surface area contributed by atoms with Gasteiger partial charge in [0.25, 0.3) is 0 Å². The second-order valence-corrected chi connectivity index (χ2v) is 5.65. The van der Waals surface area contributed by atoms with Gasteiger partial charge < -0.3 is 15.3 Å². The van der Waals surface area contributed by atoms with Gasteiger partial charge in [0.2, 0.25) is 0 Å². The molecule has 0 spiro atoms. The number of likely N-dealkylation sites (tertiary alicyclic amines) is 1. The highest BCUT2D eigenvalue weighted by molar-refractivity contribution is 6.08. The Balaban J connectivity index is 1.84. The molecule has 1 unspecified atom stereocenters. The number of hydrogen-bond donors (Lipinski definition) is 2. The smallest absolute Gasteiger partial charge is 0.308 e. The molecule has 0 amide bonds. The molecule has 2 aliphatic heterocycles. The van der Waals surface area contributed by atoms with Gasteiger partial charge in [-0.3, -0.25) is 4.79 Å². The number of nitrogens with one attached hydrogen (secondary N) is 1. The highest BCUT2D eigenvalue weighted by Gasteiger charge is 2.37. The largest absolute Gasteiger partial charge is 0.481 e. The maximum atomic E-state index is 11.3. The third-order valence-corrected chi connectivity index (χ3v) is 4.25. The first-order valence-corrected chi connectivity index (χ1v) is 7.09. The Morgan fingerprint density at radius 2 is 2.28 bits per heavy atom. The molecule has 2 heterocycles. The molecule has 100 valence electrons. The van der Waals surface area contributed by atoms with Crippen LogP contribution in [0.2, 0.25) is 6.32 Å². The molecule has 18 heavy (non-hydrogen) atoms. The van der Waals surface area contributed by atoms with Gasteiger partial charge in [-0.05, 0) is 31.7 Å². The predicted octanol–water partition coefficient (Wildman–Crippen LogP) is 0.738. The second kappa shape index (κ2) is 6.57. The molecule has 2 saturated heterocycles. The monoisotopic (exact) mass is 250 g/mol. The molecule has 2 radical (unpaired) electrons. The summed E-state index contributed by atoms with van der Waals surface area (Å²) in [6.07, 6.45) is 5.01. The minimum Gasteiger partial charge on any atom is -0.481 e. The summed E-state index contributed by atoms with van der Waals surface area (Å²) in [5.41, 5.74) is 0. The van der Waals surface area contributed by atoms with E-state index >= 15 is 0 Å². The Bertz CT molecular complexity index is 282. The number of carboxylic acid groups (broad SMARTS) is 1. The van der Waals surface area contributed by atoms with Crippen molar-refractivity contribution in [3.05, 3.63) is 0 Å². The number of aliphatic carboxylic acids is 1. The van der Waals surface area contributed by atoms with Gasteiger partial charge in [0, 0.05) is 25.7 Å². The molecule has 0 saturated carbocycles. The van der Waals surface area contributed by atoms with Crippen molar-refractivity contribution in [2.45, 2.75) is 38.0 Å². The van der Waals surface area contributed by atoms with E-state index in [0.717, 1.165) is 32.5 Å². The summed E-state index contributed by atoms with van der Waals surface area (Å²) < 4.78 is 0. The number of carboxylic acids is 1. The zero-order chi connectivity index (χ0) is 13.0. The van der Waals surface area contributed by atoms with Crippen molar-refractivity contribution in [1.29, 1.82) is 0 Å².